The van der Waals surface area contributed by atoms with Crippen molar-refractivity contribution in [3.8, 4) is 16.8 Å². The number of carbonyl (C=O) groups is 1. The summed E-state index contributed by atoms with van der Waals surface area (Å²) in [5, 5.41) is 14.7. The van der Waals surface area contributed by atoms with E-state index < -0.39 is 17.5 Å². The molecule has 2 aromatic heterocycles. The van der Waals surface area contributed by atoms with E-state index in [9.17, 15) is 14.0 Å². The van der Waals surface area contributed by atoms with Gasteiger partial charge in [0.05, 0.1) is 29.5 Å². The van der Waals surface area contributed by atoms with Crippen molar-refractivity contribution in [1.82, 2.24) is 9.78 Å². The number of hydrogen-bond donors (Lipinski definition) is 0. The highest BCUT2D eigenvalue weighted by Crippen LogP contribution is 2.21. The highest BCUT2D eigenvalue weighted by Gasteiger charge is 2.13. The molecule has 9 heteroatoms. The summed E-state index contributed by atoms with van der Waals surface area (Å²) in [4.78, 5) is 24.3. The molecule has 0 saturated heterocycles. The van der Waals surface area contributed by atoms with Crippen molar-refractivity contribution in [2.45, 2.75) is 19.6 Å². The van der Waals surface area contributed by atoms with Gasteiger partial charge in [0.2, 0.25) is 0 Å². The minimum atomic E-state index is -0.672. The Kier molecular flexibility index (Phi) is 5.24. The number of carbonyl (C=O) groups excluding carboxylic acids is 1. The van der Waals surface area contributed by atoms with Gasteiger partial charge in [0.15, 0.2) is 0 Å². The van der Waals surface area contributed by atoms with Gasteiger partial charge in [0, 0.05) is 5.56 Å². The Balaban J connectivity index is 1.57. The predicted molar refractivity (Wildman–Crippen MR) is 89.6 cm³/mol. The molecule has 3 rings (SSSR count). The lowest BCUT2D eigenvalue weighted by Crippen LogP contribution is -2.19. The van der Waals surface area contributed by atoms with E-state index in [0.29, 0.717) is 4.88 Å². The van der Waals surface area contributed by atoms with E-state index in [4.69, 9.17) is 14.4 Å². The van der Waals surface area contributed by atoms with Gasteiger partial charge in [0.1, 0.15) is 12.4 Å². The molecule has 0 aliphatic carbocycles. The van der Waals surface area contributed by atoms with Gasteiger partial charge < -0.3 is 9.15 Å². The fraction of sp³-hybridized carbons (Fsp3) is 0.176. The minimum Gasteiger partial charge on any atom is -0.461 e. The van der Waals surface area contributed by atoms with Crippen molar-refractivity contribution in [3.05, 3.63) is 63.2 Å². The van der Waals surface area contributed by atoms with E-state index in [1.165, 1.54) is 23.5 Å². The number of nitriles is 1. The number of halogens is 1. The second-order valence-corrected chi connectivity index (χ2v) is 6.15. The Morgan fingerprint density at radius 3 is 3.00 bits per heavy atom. The smallest absolute Gasteiger partial charge is 0.437 e. The van der Waals surface area contributed by atoms with Crippen molar-refractivity contribution in [3.63, 3.8) is 0 Å². The zero-order valence-electron chi connectivity index (χ0n) is 13.3. The average Bonchev–Trinajstić information content (AvgIpc) is 3.29. The zero-order valence-corrected chi connectivity index (χ0v) is 14.2. The maximum atomic E-state index is 13.6. The van der Waals surface area contributed by atoms with Crippen molar-refractivity contribution in [2.24, 2.45) is 0 Å². The number of nitrogens with zero attached hydrogens (tertiary/aromatic N) is 3. The van der Waals surface area contributed by atoms with E-state index >= 15 is 0 Å². The number of aromatic nitrogens is 2. The lowest BCUT2D eigenvalue weighted by molar-refractivity contribution is -0.145. The van der Waals surface area contributed by atoms with Crippen LogP contribution >= 0.6 is 11.3 Å². The Bertz CT molecular complexity index is 1020. The molecule has 0 radical (unpaired) electrons. The van der Waals surface area contributed by atoms with E-state index in [-0.39, 0.29) is 36.6 Å². The standard InChI is InChI=1S/C17H12FN3O4S/c18-13-4-3-11(9-19)8-12(13)10-24-15(22)5-6-21-17(23)25-16(20-21)14-2-1-7-26-14/h1-4,7-8H,5-6,10H2. The molecule has 2 heterocycles. The summed E-state index contributed by atoms with van der Waals surface area (Å²) in [5.41, 5.74) is 0.378. The van der Waals surface area contributed by atoms with Gasteiger partial charge in [-0.25, -0.2) is 9.18 Å². The molecule has 132 valence electrons. The van der Waals surface area contributed by atoms with E-state index in [0.717, 1.165) is 10.7 Å². The van der Waals surface area contributed by atoms with Crippen molar-refractivity contribution in [1.29, 1.82) is 5.26 Å². The Morgan fingerprint density at radius 2 is 2.27 bits per heavy atom. The fourth-order valence-electron chi connectivity index (χ4n) is 2.13. The first-order valence-electron chi connectivity index (χ1n) is 7.53. The Morgan fingerprint density at radius 1 is 1.42 bits per heavy atom. The van der Waals surface area contributed by atoms with Gasteiger partial charge in [0.25, 0.3) is 5.89 Å². The van der Waals surface area contributed by atoms with Gasteiger partial charge in [-0.3, -0.25) is 4.79 Å². The van der Waals surface area contributed by atoms with Gasteiger partial charge >= 0.3 is 11.7 Å². The Labute approximate surface area is 150 Å². The highest BCUT2D eigenvalue weighted by atomic mass is 32.1. The lowest BCUT2D eigenvalue weighted by atomic mass is 10.1. The average molecular weight is 373 g/mol. The number of aryl methyl sites for hydroxylation is 1. The number of esters is 1. The van der Waals surface area contributed by atoms with Crippen LogP contribution in [-0.4, -0.2) is 15.7 Å². The third-order valence-corrected chi connectivity index (χ3v) is 4.29. The molecule has 0 aliphatic rings. The first kappa shape index (κ1) is 17.6. The summed E-state index contributed by atoms with van der Waals surface area (Å²) >= 11 is 1.37. The topological polar surface area (TPSA) is 98.1 Å². The van der Waals surface area contributed by atoms with E-state index in [1.807, 2.05) is 11.4 Å². The Hall–Kier alpha value is -3.25. The number of rotatable bonds is 6. The second-order valence-electron chi connectivity index (χ2n) is 5.20. The van der Waals surface area contributed by atoms with E-state index in [1.54, 1.807) is 12.1 Å². The van der Waals surface area contributed by atoms with Crippen LogP contribution in [0.15, 0.2) is 44.9 Å². The first-order valence-corrected chi connectivity index (χ1v) is 8.41. The highest BCUT2D eigenvalue weighted by molar-refractivity contribution is 7.13. The lowest BCUT2D eigenvalue weighted by Gasteiger charge is -2.06. The van der Waals surface area contributed by atoms with Crippen LogP contribution in [0.1, 0.15) is 17.5 Å². The van der Waals surface area contributed by atoms with Crippen LogP contribution in [0.5, 0.6) is 0 Å². The summed E-state index contributed by atoms with van der Waals surface area (Å²) in [5.74, 6) is -1.67. The van der Waals surface area contributed by atoms with Crippen molar-refractivity contribution in [2.75, 3.05) is 0 Å². The van der Waals surface area contributed by atoms with Crippen LogP contribution in [0.4, 0.5) is 4.39 Å². The molecule has 1 aromatic carbocycles. The molecule has 0 amide bonds. The van der Waals surface area contributed by atoms with Crippen molar-refractivity contribution < 1.29 is 18.3 Å². The number of ether oxygens (including phenoxy) is 1. The molecule has 0 spiro atoms. The van der Waals surface area contributed by atoms with Crippen LogP contribution < -0.4 is 5.76 Å². The molecule has 0 fully saturated rings. The van der Waals surface area contributed by atoms with Gasteiger partial charge in [-0.1, -0.05) is 6.07 Å². The summed E-state index contributed by atoms with van der Waals surface area (Å²) in [6.07, 6.45) is -0.129. The van der Waals surface area contributed by atoms with Crippen LogP contribution in [-0.2, 0) is 22.7 Å². The number of hydrogen-bond acceptors (Lipinski definition) is 7. The third kappa shape index (κ3) is 4.04. The molecule has 7 nitrogen and oxygen atoms in total. The van der Waals surface area contributed by atoms with Crippen LogP contribution in [0.25, 0.3) is 10.8 Å². The maximum Gasteiger partial charge on any atom is 0.437 e. The normalized spacial score (nSPS) is 10.5. The van der Waals surface area contributed by atoms with E-state index in [2.05, 4.69) is 5.10 Å². The van der Waals surface area contributed by atoms with Crippen molar-refractivity contribution >= 4 is 17.3 Å². The second kappa shape index (κ2) is 7.76. The molecule has 26 heavy (non-hydrogen) atoms. The van der Waals surface area contributed by atoms with Crippen LogP contribution in [0, 0.1) is 17.1 Å². The first-order chi connectivity index (χ1) is 12.6. The van der Waals surface area contributed by atoms with Gasteiger partial charge in [-0.15, -0.1) is 16.4 Å². The quantitative estimate of drug-likeness (QED) is 0.616. The fourth-order valence-corrected chi connectivity index (χ4v) is 2.77. The van der Waals surface area contributed by atoms with Gasteiger partial charge in [-0.05, 0) is 29.6 Å². The summed E-state index contributed by atoms with van der Waals surface area (Å²) in [6.45, 7) is -0.318. The van der Waals surface area contributed by atoms with Crippen LogP contribution in [0.2, 0.25) is 0 Å². The molecule has 0 atom stereocenters. The molecule has 0 bridgehead atoms. The number of thiophene rings is 1. The molecule has 3 aromatic rings. The maximum absolute atomic E-state index is 13.6. The third-order valence-electron chi connectivity index (χ3n) is 3.43. The largest absolute Gasteiger partial charge is 0.461 e. The minimum absolute atomic E-state index is 0.0206. The van der Waals surface area contributed by atoms with Crippen LogP contribution in [0.3, 0.4) is 0 Å². The predicted octanol–water partition coefficient (Wildman–Crippen LogP) is 2.71. The summed E-state index contributed by atoms with van der Waals surface area (Å²) in [7, 11) is 0. The molecular weight excluding hydrogens is 361 g/mol. The molecule has 0 aliphatic heterocycles. The molecule has 0 unspecified atom stereocenters. The number of benzene rings is 1. The SMILES string of the molecule is N#Cc1ccc(F)c(COC(=O)CCn2nc(-c3cccs3)oc2=O)c1. The zero-order chi connectivity index (χ0) is 18.5. The molecular formula is C17H12FN3O4S. The molecule has 0 saturated carbocycles. The molecule has 0 N–H and O–H groups in total. The van der Waals surface area contributed by atoms with Gasteiger partial charge in [-0.2, -0.15) is 9.94 Å². The summed E-state index contributed by atoms with van der Waals surface area (Å²) < 4.78 is 24.7. The monoisotopic (exact) mass is 373 g/mol. The summed E-state index contributed by atoms with van der Waals surface area (Å²) in [6, 6.07) is 9.25.